The smallest absolute Gasteiger partial charge is 0.101 e. The third kappa shape index (κ3) is 2.28. The van der Waals surface area contributed by atoms with Crippen molar-refractivity contribution in [3.8, 4) is 6.07 Å². The van der Waals surface area contributed by atoms with E-state index in [9.17, 15) is 0 Å². The first-order chi connectivity index (χ1) is 8.24. The highest BCUT2D eigenvalue weighted by Crippen LogP contribution is 2.23. The largest absolute Gasteiger partial charge is 0.352 e. The Morgan fingerprint density at radius 3 is 2.94 bits per heavy atom. The number of hydrogen-bond donors (Lipinski definition) is 1. The maximum atomic E-state index is 9.06. The molecular weight excluding hydrogens is 212 g/mol. The van der Waals surface area contributed by atoms with Gasteiger partial charge in [0, 0.05) is 12.7 Å². The van der Waals surface area contributed by atoms with Crippen molar-refractivity contribution in [1.29, 1.82) is 5.26 Å². The second-order valence-electron chi connectivity index (χ2n) is 3.82. The lowest BCUT2D eigenvalue weighted by atomic mass is 10.1. The van der Waals surface area contributed by atoms with Gasteiger partial charge in [0.15, 0.2) is 0 Å². The first-order valence-electron chi connectivity index (χ1n) is 5.53. The zero-order valence-corrected chi connectivity index (χ0v) is 9.94. The van der Waals surface area contributed by atoms with Gasteiger partial charge in [0.25, 0.3) is 0 Å². The van der Waals surface area contributed by atoms with Gasteiger partial charge in [-0.3, -0.25) is 4.68 Å². The Hall–Kier alpha value is -2.28. The van der Waals surface area contributed by atoms with Gasteiger partial charge >= 0.3 is 0 Å². The molecule has 0 aliphatic rings. The van der Waals surface area contributed by atoms with Crippen LogP contribution < -0.4 is 5.32 Å². The summed E-state index contributed by atoms with van der Waals surface area (Å²) in [5.41, 5.74) is 3.45. The Morgan fingerprint density at radius 2 is 2.29 bits per heavy atom. The molecule has 0 spiro atoms. The highest BCUT2D eigenvalue weighted by molar-refractivity contribution is 5.69. The molecule has 1 aromatic heterocycles. The van der Waals surface area contributed by atoms with Crippen LogP contribution in [0, 0.1) is 18.3 Å². The van der Waals surface area contributed by atoms with Crippen molar-refractivity contribution in [2.45, 2.75) is 20.4 Å². The number of nitrogens with zero attached hydrogens (tertiary/aromatic N) is 3. The van der Waals surface area contributed by atoms with E-state index >= 15 is 0 Å². The number of hydrogen-bond acceptors (Lipinski definition) is 3. The number of benzene rings is 1. The van der Waals surface area contributed by atoms with Crippen LogP contribution in [-0.4, -0.2) is 9.78 Å². The average molecular weight is 226 g/mol. The van der Waals surface area contributed by atoms with E-state index in [1.807, 2.05) is 36.9 Å². The minimum absolute atomic E-state index is 0.647. The Morgan fingerprint density at radius 1 is 1.47 bits per heavy atom. The van der Waals surface area contributed by atoms with Crippen LogP contribution in [0.5, 0.6) is 0 Å². The molecule has 0 aliphatic heterocycles. The first-order valence-corrected chi connectivity index (χ1v) is 5.53. The molecule has 0 bridgehead atoms. The molecule has 17 heavy (non-hydrogen) atoms. The Labute approximate surface area is 100 Å². The maximum Gasteiger partial charge on any atom is 0.101 e. The van der Waals surface area contributed by atoms with Gasteiger partial charge in [-0.2, -0.15) is 10.4 Å². The number of nitrogens with one attached hydrogen (secondary N) is 1. The quantitative estimate of drug-likeness (QED) is 0.875. The summed E-state index contributed by atoms with van der Waals surface area (Å²) in [5.74, 6) is 0. The van der Waals surface area contributed by atoms with Crippen LogP contribution in [0.1, 0.15) is 18.1 Å². The van der Waals surface area contributed by atoms with Crippen LogP contribution in [0.3, 0.4) is 0 Å². The zero-order chi connectivity index (χ0) is 12.3. The van der Waals surface area contributed by atoms with Crippen molar-refractivity contribution in [2.24, 2.45) is 0 Å². The second kappa shape index (κ2) is 4.71. The number of rotatable bonds is 3. The number of aromatic nitrogens is 2. The molecule has 1 aromatic carbocycles. The van der Waals surface area contributed by atoms with Gasteiger partial charge in [0.1, 0.15) is 6.07 Å². The standard InChI is InChI=1S/C13H14N4/c1-3-17-9-12(8-15-17)16-13-10(2)5-4-6-11(13)7-14/h4-6,8-9,16H,3H2,1-2H3. The molecule has 0 unspecified atom stereocenters. The molecule has 2 rings (SSSR count). The summed E-state index contributed by atoms with van der Waals surface area (Å²) >= 11 is 0. The Balaban J connectivity index is 2.33. The summed E-state index contributed by atoms with van der Waals surface area (Å²) in [6.07, 6.45) is 3.69. The van der Waals surface area contributed by atoms with Gasteiger partial charge in [-0.15, -0.1) is 0 Å². The van der Waals surface area contributed by atoms with Gasteiger partial charge in [-0.25, -0.2) is 0 Å². The number of para-hydroxylation sites is 1. The van der Waals surface area contributed by atoms with Crippen molar-refractivity contribution in [1.82, 2.24) is 9.78 Å². The fourth-order valence-electron chi connectivity index (χ4n) is 1.67. The van der Waals surface area contributed by atoms with Gasteiger partial charge in [0.2, 0.25) is 0 Å². The Kier molecular flexibility index (Phi) is 3.10. The van der Waals surface area contributed by atoms with E-state index in [1.54, 1.807) is 12.3 Å². The van der Waals surface area contributed by atoms with Crippen LogP contribution in [0.2, 0.25) is 0 Å². The molecule has 1 N–H and O–H groups in total. The molecule has 0 amide bonds. The van der Waals surface area contributed by atoms with Crippen LogP contribution in [0.4, 0.5) is 11.4 Å². The van der Waals surface area contributed by atoms with Crippen LogP contribution in [0.15, 0.2) is 30.6 Å². The zero-order valence-electron chi connectivity index (χ0n) is 9.94. The third-order valence-corrected chi connectivity index (χ3v) is 2.62. The summed E-state index contributed by atoms with van der Waals surface area (Å²) < 4.78 is 1.84. The minimum atomic E-state index is 0.647. The molecule has 86 valence electrons. The molecule has 0 fully saturated rings. The normalized spacial score (nSPS) is 9.94. The van der Waals surface area contributed by atoms with E-state index in [0.717, 1.165) is 23.5 Å². The molecule has 4 nitrogen and oxygen atoms in total. The van der Waals surface area contributed by atoms with Crippen molar-refractivity contribution < 1.29 is 0 Å². The molecule has 0 atom stereocenters. The number of anilines is 2. The molecule has 1 heterocycles. The summed E-state index contributed by atoms with van der Waals surface area (Å²) in [6, 6.07) is 7.86. The van der Waals surface area contributed by atoms with Crippen molar-refractivity contribution >= 4 is 11.4 Å². The maximum absolute atomic E-state index is 9.06. The van der Waals surface area contributed by atoms with Crippen molar-refractivity contribution in [3.63, 3.8) is 0 Å². The second-order valence-corrected chi connectivity index (χ2v) is 3.82. The first kappa shape index (κ1) is 11.2. The molecule has 0 saturated heterocycles. The molecule has 2 aromatic rings. The Bertz CT molecular complexity index is 563. The summed E-state index contributed by atoms with van der Waals surface area (Å²) in [7, 11) is 0. The number of aryl methyl sites for hydroxylation is 2. The van der Waals surface area contributed by atoms with E-state index in [0.29, 0.717) is 5.56 Å². The van der Waals surface area contributed by atoms with Gasteiger partial charge in [0.05, 0.1) is 23.1 Å². The van der Waals surface area contributed by atoms with E-state index in [2.05, 4.69) is 16.5 Å². The van der Waals surface area contributed by atoms with Gasteiger partial charge in [-0.05, 0) is 25.5 Å². The third-order valence-electron chi connectivity index (χ3n) is 2.62. The SMILES string of the molecule is CCn1cc(Nc2c(C)cccc2C#N)cn1. The fourth-order valence-corrected chi connectivity index (χ4v) is 1.67. The predicted octanol–water partition coefficient (Wildman–Crippen LogP) is 2.83. The van der Waals surface area contributed by atoms with E-state index < -0.39 is 0 Å². The topological polar surface area (TPSA) is 53.6 Å². The van der Waals surface area contributed by atoms with Gasteiger partial charge in [-0.1, -0.05) is 12.1 Å². The van der Waals surface area contributed by atoms with E-state index in [-0.39, 0.29) is 0 Å². The number of nitriles is 1. The molecule has 4 heteroatoms. The highest BCUT2D eigenvalue weighted by Gasteiger charge is 2.06. The summed E-state index contributed by atoms with van der Waals surface area (Å²) in [4.78, 5) is 0. The van der Waals surface area contributed by atoms with Crippen LogP contribution in [0.25, 0.3) is 0 Å². The monoisotopic (exact) mass is 226 g/mol. The van der Waals surface area contributed by atoms with Crippen LogP contribution in [-0.2, 0) is 6.54 Å². The molecule has 0 radical (unpaired) electrons. The molecule has 0 aliphatic carbocycles. The predicted molar refractivity (Wildman–Crippen MR) is 67.1 cm³/mol. The summed E-state index contributed by atoms with van der Waals surface area (Å²) in [6.45, 7) is 4.85. The van der Waals surface area contributed by atoms with E-state index in [4.69, 9.17) is 5.26 Å². The molecular formula is C13H14N4. The minimum Gasteiger partial charge on any atom is -0.352 e. The van der Waals surface area contributed by atoms with Crippen molar-refractivity contribution in [2.75, 3.05) is 5.32 Å². The fraction of sp³-hybridized carbons (Fsp3) is 0.231. The van der Waals surface area contributed by atoms with Crippen LogP contribution >= 0.6 is 0 Å². The van der Waals surface area contributed by atoms with Crippen molar-refractivity contribution in [3.05, 3.63) is 41.7 Å². The lowest BCUT2D eigenvalue weighted by molar-refractivity contribution is 0.660. The van der Waals surface area contributed by atoms with Gasteiger partial charge < -0.3 is 5.32 Å². The molecule has 0 saturated carbocycles. The average Bonchev–Trinajstić information content (AvgIpc) is 2.79. The summed E-state index contributed by atoms with van der Waals surface area (Å²) in [5, 5.41) is 16.5. The van der Waals surface area contributed by atoms with E-state index in [1.165, 1.54) is 0 Å². The highest BCUT2D eigenvalue weighted by atomic mass is 15.3. The lowest BCUT2D eigenvalue weighted by Crippen LogP contribution is -1.96. The lowest BCUT2D eigenvalue weighted by Gasteiger charge is -2.08.